The quantitative estimate of drug-likeness (QED) is 0.794. The van der Waals surface area contributed by atoms with Gasteiger partial charge in [0.2, 0.25) is 0 Å². The van der Waals surface area contributed by atoms with Crippen molar-refractivity contribution in [3.63, 3.8) is 0 Å². The van der Waals surface area contributed by atoms with Crippen LogP contribution in [0.1, 0.15) is 35.3 Å². The van der Waals surface area contributed by atoms with Gasteiger partial charge in [-0.25, -0.2) is 4.98 Å². The van der Waals surface area contributed by atoms with Gasteiger partial charge in [0.05, 0.1) is 5.01 Å². The van der Waals surface area contributed by atoms with E-state index in [0.717, 1.165) is 18.7 Å². The van der Waals surface area contributed by atoms with Crippen molar-refractivity contribution in [2.24, 2.45) is 0 Å². The van der Waals surface area contributed by atoms with Gasteiger partial charge in [-0.3, -0.25) is 0 Å². The van der Waals surface area contributed by atoms with Crippen LogP contribution < -0.4 is 5.32 Å². The SMILES string of the molecule is CCNC(CCCc1cccs1)Cc1nc(C)cs1. The number of aromatic nitrogens is 1. The first-order valence-corrected chi connectivity index (χ1v) is 8.70. The number of thiophene rings is 1. The van der Waals surface area contributed by atoms with E-state index in [0.29, 0.717) is 6.04 Å². The van der Waals surface area contributed by atoms with Gasteiger partial charge in [0.25, 0.3) is 0 Å². The first-order valence-electron chi connectivity index (χ1n) is 6.94. The lowest BCUT2D eigenvalue weighted by Crippen LogP contribution is -2.31. The average molecular weight is 294 g/mol. The van der Waals surface area contributed by atoms with Crippen molar-refractivity contribution in [3.05, 3.63) is 38.5 Å². The maximum atomic E-state index is 4.57. The molecule has 0 aromatic carbocycles. The zero-order chi connectivity index (χ0) is 13.5. The molecule has 1 unspecified atom stereocenters. The Bertz CT molecular complexity index is 462. The second-order valence-electron chi connectivity index (χ2n) is 4.81. The molecule has 2 nitrogen and oxygen atoms in total. The Balaban J connectivity index is 1.78. The topological polar surface area (TPSA) is 24.9 Å². The van der Waals surface area contributed by atoms with Crippen LogP contribution in [0.25, 0.3) is 0 Å². The van der Waals surface area contributed by atoms with E-state index in [1.165, 1.54) is 29.1 Å². The van der Waals surface area contributed by atoms with Crippen molar-refractivity contribution in [3.8, 4) is 0 Å². The number of rotatable bonds is 8. The molecule has 0 saturated carbocycles. The third-order valence-electron chi connectivity index (χ3n) is 3.14. The molecule has 0 radical (unpaired) electrons. The predicted octanol–water partition coefficient (Wildman–Crippen LogP) is 4.06. The predicted molar refractivity (Wildman–Crippen MR) is 85.3 cm³/mol. The van der Waals surface area contributed by atoms with Gasteiger partial charge in [0.15, 0.2) is 0 Å². The average Bonchev–Trinajstić information content (AvgIpc) is 3.01. The molecule has 0 aliphatic rings. The molecule has 0 aliphatic heterocycles. The third kappa shape index (κ3) is 5.05. The van der Waals surface area contributed by atoms with E-state index in [-0.39, 0.29) is 0 Å². The maximum absolute atomic E-state index is 4.57. The van der Waals surface area contributed by atoms with Gasteiger partial charge < -0.3 is 5.32 Å². The number of thiazole rings is 1. The van der Waals surface area contributed by atoms with Crippen LogP contribution >= 0.6 is 22.7 Å². The minimum atomic E-state index is 0.565. The van der Waals surface area contributed by atoms with Crippen molar-refractivity contribution in [1.82, 2.24) is 10.3 Å². The van der Waals surface area contributed by atoms with Crippen molar-refractivity contribution >= 4 is 22.7 Å². The molecule has 0 bridgehead atoms. The maximum Gasteiger partial charge on any atom is 0.0943 e. The van der Waals surface area contributed by atoms with Crippen LogP contribution in [0, 0.1) is 6.92 Å². The summed E-state index contributed by atoms with van der Waals surface area (Å²) in [5.74, 6) is 0. The summed E-state index contributed by atoms with van der Waals surface area (Å²) in [6.45, 7) is 5.28. The van der Waals surface area contributed by atoms with Crippen LogP contribution in [0.3, 0.4) is 0 Å². The molecule has 2 rings (SSSR count). The summed E-state index contributed by atoms with van der Waals surface area (Å²) in [4.78, 5) is 6.07. The van der Waals surface area contributed by atoms with Crippen molar-refractivity contribution in [2.75, 3.05) is 6.54 Å². The van der Waals surface area contributed by atoms with Gasteiger partial charge in [-0.05, 0) is 44.2 Å². The van der Waals surface area contributed by atoms with Gasteiger partial charge in [-0.2, -0.15) is 0 Å². The molecule has 19 heavy (non-hydrogen) atoms. The molecule has 0 saturated heterocycles. The Morgan fingerprint density at radius 2 is 2.26 bits per heavy atom. The van der Waals surface area contributed by atoms with Gasteiger partial charge in [-0.1, -0.05) is 13.0 Å². The van der Waals surface area contributed by atoms with E-state index in [2.05, 4.69) is 47.0 Å². The molecule has 2 aromatic heterocycles. The summed E-state index contributed by atoms with van der Waals surface area (Å²) in [5.41, 5.74) is 1.15. The minimum absolute atomic E-state index is 0.565. The highest BCUT2D eigenvalue weighted by Gasteiger charge is 2.10. The smallest absolute Gasteiger partial charge is 0.0943 e. The molecule has 0 aliphatic carbocycles. The largest absolute Gasteiger partial charge is 0.314 e. The summed E-state index contributed by atoms with van der Waals surface area (Å²) in [6, 6.07) is 4.94. The van der Waals surface area contributed by atoms with E-state index in [1.807, 2.05) is 11.3 Å². The molecule has 2 aromatic rings. The summed E-state index contributed by atoms with van der Waals surface area (Å²) < 4.78 is 0. The molecule has 104 valence electrons. The summed E-state index contributed by atoms with van der Waals surface area (Å²) >= 11 is 3.65. The van der Waals surface area contributed by atoms with Gasteiger partial charge >= 0.3 is 0 Å². The molecule has 0 spiro atoms. The Morgan fingerprint density at radius 1 is 1.37 bits per heavy atom. The molecule has 2 heterocycles. The minimum Gasteiger partial charge on any atom is -0.314 e. The monoisotopic (exact) mass is 294 g/mol. The summed E-state index contributed by atoms with van der Waals surface area (Å²) in [6.07, 6.45) is 4.75. The van der Waals surface area contributed by atoms with Crippen LogP contribution in [0.4, 0.5) is 0 Å². The fourth-order valence-corrected chi connectivity index (χ4v) is 3.85. The second kappa shape index (κ2) is 7.78. The Kier molecular flexibility index (Phi) is 6.01. The molecule has 0 fully saturated rings. The third-order valence-corrected chi connectivity index (χ3v) is 5.06. The van der Waals surface area contributed by atoms with Crippen LogP contribution in [-0.4, -0.2) is 17.6 Å². The van der Waals surface area contributed by atoms with Crippen LogP contribution in [0.5, 0.6) is 0 Å². The van der Waals surface area contributed by atoms with E-state index < -0.39 is 0 Å². The first kappa shape index (κ1) is 14.7. The number of aryl methyl sites for hydroxylation is 2. The first-order chi connectivity index (χ1) is 9.28. The standard InChI is InChI=1S/C15H22N2S2/c1-3-16-13(10-15-17-12(2)11-19-15)6-4-7-14-8-5-9-18-14/h5,8-9,11,13,16H,3-4,6-7,10H2,1-2H3. The zero-order valence-electron chi connectivity index (χ0n) is 11.7. The van der Waals surface area contributed by atoms with Crippen molar-refractivity contribution in [2.45, 2.75) is 45.6 Å². The number of hydrogen-bond donors (Lipinski definition) is 1. The Hall–Kier alpha value is -0.710. The Labute approximate surface area is 123 Å². The normalized spacial score (nSPS) is 12.7. The number of hydrogen-bond acceptors (Lipinski definition) is 4. The van der Waals surface area contributed by atoms with E-state index in [9.17, 15) is 0 Å². The van der Waals surface area contributed by atoms with Gasteiger partial charge in [-0.15, -0.1) is 22.7 Å². The number of nitrogens with zero attached hydrogens (tertiary/aromatic N) is 1. The second-order valence-corrected chi connectivity index (χ2v) is 6.79. The number of nitrogens with one attached hydrogen (secondary N) is 1. The van der Waals surface area contributed by atoms with Crippen LogP contribution in [0.2, 0.25) is 0 Å². The molecule has 4 heteroatoms. The van der Waals surface area contributed by atoms with E-state index in [4.69, 9.17) is 0 Å². The van der Waals surface area contributed by atoms with Crippen LogP contribution in [0.15, 0.2) is 22.9 Å². The summed E-state index contributed by atoms with van der Waals surface area (Å²) in [7, 11) is 0. The summed E-state index contributed by atoms with van der Waals surface area (Å²) in [5, 5.41) is 9.16. The molecule has 1 N–H and O–H groups in total. The highest BCUT2D eigenvalue weighted by molar-refractivity contribution is 7.10. The number of likely N-dealkylation sites (N-methyl/N-ethyl adjacent to an activating group) is 1. The molecular weight excluding hydrogens is 272 g/mol. The molecule has 0 amide bonds. The fraction of sp³-hybridized carbons (Fsp3) is 0.533. The zero-order valence-corrected chi connectivity index (χ0v) is 13.3. The lowest BCUT2D eigenvalue weighted by atomic mass is 10.1. The highest BCUT2D eigenvalue weighted by Crippen LogP contribution is 2.16. The van der Waals surface area contributed by atoms with Crippen molar-refractivity contribution < 1.29 is 0 Å². The van der Waals surface area contributed by atoms with Crippen LogP contribution in [-0.2, 0) is 12.8 Å². The Morgan fingerprint density at radius 3 is 2.89 bits per heavy atom. The highest BCUT2D eigenvalue weighted by atomic mass is 32.1. The van der Waals surface area contributed by atoms with Gasteiger partial charge in [0.1, 0.15) is 0 Å². The fourth-order valence-electron chi connectivity index (χ4n) is 2.25. The van der Waals surface area contributed by atoms with E-state index >= 15 is 0 Å². The molecule has 1 atom stereocenters. The lowest BCUT2D eigenvalue weighted by Gasteiger charge is -2.16. The molecular formula is C15H22N2S2. The van der Waals surface area contributed by atoms with Gasteiger partial charge in [0, 0.05) is 28.4 Å². The van der Waals surface area contributed by atoms with E-state index in [1.54, 1.807) is 11.3 Å². The lowest BCUT2D eigenvalue weighted by molar-refractivity contribution is 0.476. The van der Waals surface area contributed by atoms with Crippen molar-refractivity contribution in [1.29, 1.82) is 0 Å².